The molecule has 0 unspecified atom stereocenters. The minimum Gasteiger partial charge on any atom is -0.489 e. The molecule has 6 heteroatoms. The highest BCUT2D eigenvalue weighted by molar-refractivity contribution is 6.44. The summed E-state index contributed by atoms with van der Waals surface area (Å²) >= 11 is 12.1. The average molecular weight is 473 g/mol. The summed E-state index contributed by atoms with van der Waals surface area (Å²) in [5, 5.41) is 14.9. The van der Waals surface area contributed by atoms with E-state index in [2.05, 4.69) is 29.6 Å². The Bertz CT molecular complexity index is 1390. The third-order valence-corrected chi connectivity index (χ3v) is 5.79. The number of fused-ring (bicyclic) bond motifs is 1. The number of nitriles is 1. The highest BCUT2D eigenvalue weighted by atomic mass is 35.5. The molecule has 33 heavy (non-hydrogen) atoms. The summed E-state index contributed by atoms with van der Waals surface area (Å²) in [6.45, 7) is 0.437. The van der Waals surface area contributed by atoms with E-state index in [-0.39, 0.29) is 10.6 Å². The van der Waals surface area contributed by atoms with Crippen LogP contribution >= 0.6 is 23.2 Å². The number of carbonyl (C=O) groups excluding carboxylic acids is 1. The molecule has 4 rings (SSSR count). The van der Waals surface area contributed by atoms with Crippen LogP contribution in [0.1, 0.15) is 11.1 Å². The van der Waals surface area contributed by atoms with Gasteiger partial charge in [0.1, 0.15) is 24.0 Å². The maximum atomic E-state index is 12.5. The Morgan fingerprint density at radius 3 is 2.45 bits per heavy atom. The van der Waals surface area contributed by atoms with E-state index < -0.39 is 5.91 Å². The van der Waals surface area contributed by atoms with E-state index in [0.717, 1.165) is 5.56 Å². The van der Waals surface area contributed by atoms with Crippen molar-refractivity contribution in [3.05, 3.63) is 112 Å². The number of nitrogens with one attached hydrogen (secondary N) is 1. The maximum Gasteiger partial charge on any atom is 0.266 e. The molecule has 162 valence electrons. The second kappa shape index (κ2) is 10.2. The van der Waals surface area contributed by atoms with E-state index in [1.165, 1.54) is 16.8 Å². The van der Waals surface area contributed by atoms with Gasteiger partial charge in [-0.3, -0.25) is 4.79 Å². The lowest BCUT2D eigenvalue weighted by Gasteiger charge is -2.08. The highest BCUT2D eigenvalue weighted by Crippen LogP contribution is 2.30. The van der Waals surface area contributed by atoms with Crippen molar-refractivity contribution in [2.24, 2.45) is 0 Å². The topological polar surface area (TPSA) is 62.1 Å². The molecule has 0 aliphatic heterocycles. The lowest BCUT2D eigenvalue weighted by atomic mass is 10.1. The number of amides is 1. The summed E-state index contributed by atoms with van der Waals surface area (Å²) in [4.78, 5) is 12.5. The maximum absolute atomic E-state index is 12.5. The number of ether oxygens (including phenoxy) is 1. The molecule has 0 bridgehead atoms. The van der Waals surface area contributed by atoms with Crippen molar-refractivity contribution in [2.75, 3.05) is 5.32 Å². The van der Waals surface area contributed by atoms with Crippen LogP contribution in [0.5, 0.6) is 5.75 Å². The predicted octanol–water partition coefficient (Wildman–Crippen LogP) is 7.27. The molecule has 0 spiro atoms. The minimum atomic E-state index is -0.571. The average Bonchev–Trinajstić information content (AvgIpc) is 2.84. The molecule has 4 nitrogen and oxygen atoms in total. The number of carbonyl (C=O) groups is 1. The Morgan fingerprint density at radius 2 is 1.70 bits per heavy atom. The summed E-state index contributed by atoms with van der Waals surface area (Å²) in [5.41, 5.74) is 2.04. The van der Waals surface area contributed by atoms with Gasteiger partial charge in [-0.2, -0.15) is 5.26 Å². The van der Waals surface area contributed by atoms with Crippen molar-refractivity contribution in [1.82, 2.24) is 0 Å². The van der Waals surface area contributed by atoms with Gasteiger partial charge in [-0.15, -0.1) is 0 Å². The van der Waals surface area contributed by atoms with Gasteiger partial charge in [0.15, 0.2) is 0 Å². The molecule has 0 aliphatic rings. The summed E-state index contributed by atoms with van der Waals surface area (Å²) in [5.74, 6) is 0.118. The molecule has 0 fully saturated rings. The van der Waals surface area contributed by atoms with Crippen molar-refractivity contribution in [2.45, 2.75) is 6.61 Å². The summed E-state index contributed by atoms with van der Waals surface area (Å²) in [6, 6.07) is 28.4. The van der Waals surface area contributed by atoms with Gasteiger partial charge < -0.3 is 10.1 Å². The van der Waals surface area contributed by atoms with Crippen LogP contribution < -0.4 is 10.1 Å². The Hall–Kier alpha value is -3.78. The molecule has 0 aromatic heterocycles. The van der Waals surface area contributed by atoms with Crippen molar-refractivity contribution >= 4 is 51.6 Å². The minimum absolute atomic E-state index is 0.0594. The second-order valence-electron chi connectivity index (χ2n) is 7.26. The van der Waals surface area contributed by atoms with E-state index in [4.69, 9.17) is 27.9 Å². The number of halogens is 2. The third kappa shape index (κ3) is 5.53. The van der Waals surface area contributed by atoms with Gasteiger partial charge in [0, 0.05) is 0 Å². The molecule has 0 radical (unpaired) electrons. The number of benzene rings is 4. The Labute approximate surface area is 201 Å². The van der Waals surface area contributed by atoms with Gasteiger partial charge in [-0.25, -0.2) is 0 Å². The standard InChI is InChI=1S/C27H18Cl2N2O2/c28-24-6-3-7-25(26(24)29)31-27(32)22(16-30)14-18-9-12-23(13-10-18)33-17-19-8-11-20-4-1-2-5-21(20)15-19/h1-15H,17H2,(H,31,32)/b22-14-. The first-order chi connectivity index (χ1) is 16.0. The van der Waals surface area contributed by atoms with Crippen LogP contribution in [0.2, 0.25) is 10.0 Å². The zero-order valence-electron chi connectivity index (χ0n) is 17.4. The lowest BCUT2D eigenvalue weighted by molar-refractivity contribution is -0.112. The second-order valence-corrected chi connectivity index (χ2v) is 8.05. The molecular weight excluding hydrogens is 455 g/mol. The number of hydrogen-bond donors (Lipinski definition) is 1. The van der Waals surface area contributed by atoms with Crippen LogP contribution in [-0.4, -0.2) is 5.91 Å². The van der Waals surface area contributed by atoms with Crippen LogP contribution in [0, 0.1) is 11.3 Å². The van der Waals surface area contributed by atoms with E-state index in [0.29, 0.717) is 28.6 Å². The normalized spacial score (nSPS) is 11.1. The summed E-state index contributed by atoms with van der Waals surface area (Å²) in [6.07, 6.45) is 1.50. The first kappa shape index (κ1) is 22.4. The molecule has 4 aromatic carbocycles. The quantitative estimate of drug-likeness (QED) is 0.237. The molecule has 0 saturated heterocycles. The lowest BCUT2D eigenvalue weighted by Crippen LogP contribution is -2.13. The molecule has 1 N–H and O–H groups in total. The number of hydrogen-bond acceptors (Lipinski definition) is 3. The zero-order valence-corrected chi connectivity index (χ0v) is 18.9. The first-order valence-electron chi connectivity index (χ1n) is 10.1. The number of rotatable bonds is 6. The molecule has 0 saturated carbocycles. The van der Waals surface area contributed by atoms with E-state index >= 15 is 0 Å². The zero-order chi connectivity index (χ0) is 23.2. The Morgan fingerprint density at radius 1 is 0.939 bits per heavy atom. The Balaban J connectivity index is 1.42. The monoisotopic (exact) mass is 472 g/mol. The molecule has 0 heterocycles. The van der Waals surface area contributed by atoms with Crippen molar-refractivity contribution < 1.29 is 9.53 Å². The van der Waals surface area contributed by atoms with Crippen LogP contribution in [0.3, 0.4) is 0 Å². The van der Waals surface area contributed by atoms with Crippen LogP contribution in [-0.2, 0) is 11.4 Å². The summed E-state index contributed by atoms with van der Waals surface area (Å²) in [7, 11) is 0. The molecule has 4 aromatic rings. The molecule has 0 aliphatic carbocycles. The van der Waals surface area contributed by atoms with E-state index in [1.54, 1.807) is 42.5 Å². The highest BCUT2D eigenvalue weighted by Gasteiger charge is 2.13. The fourth-order valence-corrected chi connectivity index (χ4v) is 3.61. The predicted molar refractivity (Wildman–Crippen MR) is 133 cm³/mol. The van der Waals surface area contributed by atoms with Crippen LogP contribution in [0.4, 0.5) is 5.69 Å². The van der Waals surface area contributed by atoms with Crippen molar-refractivity contribution in [3.63, 3.8) is 0 Å². The first-order valence-corrected chi connectivity index (χ1v) is 10.9. The Kier molecular flexibility index (Phi) is 6.95. The molecule has 0 atom stereocenters. The summed E-state index contributed by atoms with van der Waals surface area (Å²) < 4.78 is 5.89. The van der Waals surface area contributed by atoms with Gasteiger partial charge in [0.2, 0.25) is 0 Å². The van der Waals surface area contributed by atoms with Gasteiger partial charge in [0.05, 0.1) is 15.7 Å². The van der Waals surface area contributed by atoms with Gasteiger partial charge in [-0.1, -0.05) is 77.8 Å². The van der Waals surface area contributed by atoms with E-state index in [1.807, 2.05) is 24.3 Å². The smallest absolute Gasteiger partial charge is 0.266 e. The third-order valence-electron chi connectivity index (χ3n) is 4.98. The van der Waals surface area contributed by atoms with Crippen LogP contribution in [0.25, 0.3) is 16.8 Å². The van der Waals surface area contributed by atoms with Gasteiger partial charge in [0.25, 0.3) is 5.91 Å². The fraction of sp³-hybridized carbons (Fsp3) is 0.0370. The van der Waals surface area contributed by atoms with Crippen molar-refractivity contribution in [3.8, 4) is 11.8 Å². The van der Waals surface area contributed by atoms with Crippen LogP contribution in [0.15, 0.2) is 90.5 Å². The largest absolute Gasteiger partial charge is 0.489 e. The van der Waals surface area contributed by atoms with Gasteiger partial charge >= 0.3 is 0 Å². The van der Waals surface area contributed by atoms with Crippen molar-refractivity contribution in [1.29, 1.82) is 5.26 Å². The van der Waals surface area contributed by atoms with Gasteiger partial charge in [-0.05, 0) is 58.3 Å². The number of anilines is 1. The number of nitrogens with zero attached hydrogens (tertiary/aromatic N) is 1. The molecular formula is C27H18Cl2N2O2. The van der Waals surface area contributed by atoms with E-state index in [9.17, 15) is 10.1 Å². The SMILES string of the molecule is N#C/C(=C/c1ccc(OCc2ccc3ccccc3c2)cc1)C(=O)Nc1cccc(Cl)c1Cl. The molecule has 1 amide bonds. The fourth-order valence-electron chi connectivity index (χ4n) is 3.26.